The first-order chi connectivity index (χ1) is 11.2. The van der Waals surface area contributed by atoms with Crippen molar-refractivity contribution in [2.45, 2.75) is 31.3 Å². The van der Waals surface area contributed by atoms with Crippen LogP contribution in [0.1, 0.15) is 30.7 Å². The number of nitrogens with zero attached hydrogens (tertiary/aromatic N) is 1. The molecule has 2 aliphatic heterocycles. The first kappa shape index (κ1) is 16.3. The maximum atomic E-state index is 12.8. The Morgan fingerprint density at radius 2 is 1.91 bits per heavy atom. The minimum Gasteiger partial charge on any atom is -0.508 e. The number of hydrogen-bond acceptors (Lipinski definition) is 4. The van der Waals surface area contributed by atoms with Gasteiger partial charge in [0.05, 0.1) is 12.0 Å². The zero-order chi connectivity index (χ0) is 16.2. The Balaban J connectivity index is 1.57. The SMILES string of the molecule is COC1CNCCC1C(=O)N1CCC(c2ccc(O)cc2)CC1. The van der Waals surface area contributed by atoms with Crippen molar-refractivity contribution in [1.29, 1.82) is 0 Å². The second-order valence-corrected chi connectivity index (χ2v) is 6.56. The van der Waals surface area contributed by atoms with Crippen molar-refractivity contribution in [1.82, 2.24) is 10.2 Å². The number of phenolic OH excluding ortho intramolecular Hbond substituents is 1. The van der Waals surface area contributed by atoms with E-state index in [4.69, 9.17) is 4.74 Å². The average Bonchev–Trinajstić information content (AvgIpc) is 2.62. The zero-order valence-corrected chi connectivity index (χ0v) is 13.7. The highest BCUT2D eigenvalue weighted by Gasteiger charge is 2.35. The zero-order valence-electron chi connectivity index (χ0n) is 13.7. The van der Waals surface area contributed by atoms with E-state index in [1.54, 1.807) is 19.2 Å². The lowest BCUT2D eigenvalue weighted by Crippen LogP contribution is -2.51. The summed E-state index contributed by atoms with van der Waals surface area (Å²) in [7, 11) is 1.69. The molecule has 23 heavy (non-hydrogen) atoms. The second-order valence-electron chi connectivity index (χ2n) is 6.56. The Morgan fingerprint density at radius 1 is 1.22 bits per heavy atom. The lowest BCUT2D eigenvalue weighted by Gasteiger charge is -2.38. The third kappa shape index (κ3) is 3.67. The molecular weight excluding hydrogens is 292 g/mol. The number of carbonyl (C=O) groups excluding carboxylic acids is 1. The Hall–Kier alpha value is -1.59. The second kappa shape index (κ2) is 7.32. The summed E-state index contributed by atoms with van der Waals surface area (Å²) in [6.45, 7) is 3.27. The first-order valence-corrected chi connectivity index (χ1v) is 8.50. The van der Waals surface area contributed by atoms with Crippen molar-refractivity contribution in [3.8, 4) is 5.75 Å². The van der Waals surface area contributed by atoms with Crippen LogP contribution in [0.2, 0.25) is 0 Å². The summed E-state index contributed by atoms with van der Waals surface area (Å²) in [4.78, 5) is 14.8. The maximum absolute atomic E-state index is 12.8. The highest BCUT2D eigenvalue weighted by atomic mass is 16.5. The van der Waals surface area contributed by atoms with Crippen molar-refractivity contribution < 1.29 is 14.6 Å². The minimum atomic E-state index is -0.00827. The molecule has 0 bridgehead atoms. The number of ether oxygens (including phenoxy) is 1. The summed E-state index contributed by atoms with van der Waals surface area (Å²) in [5.41, 5.74) is 1.26. The van der Waals surface area contributed by atoms with Crippen molar-refractivity contribution in [3.63, 3.8) is 0 Å². The van der Waals surface area contributed by atoms with Gasteiger partial charge in [0.1, 0.15) is 5.75 Å². The number of likely N-dealkylation sites (tertiary alicyclic amines) is 1. The molecule has 5 nitrogen and oxygen atoms in total. The van der Waals surface area contributed by atoms with E-state index in [0.717, 1.165) is 45.4 Å². The Bertz CT molecular complexity index is 524. The van der Waals surface area contributed by atoms with Crippen LogP contribution < -0.4 is 5.32 Å². The van der Waals surface area contributed by atoms with Crippen molar-refractivity contribution in [2.75, 3.05) is 33.3 Å². The quantitative estimate of drug-likeness (QED) is 0.891. The summed E-state index contributed by atoms with van der Waals surface area (Å²) < 4.78 is 5.48. The topological polar surface area (TPSA) is 61.8 Å². The molecule has 0 spiro atoms. The summed E-state index contributed by atoms with van der Waals surface area (Å²) in [5.74, 6) is 1.03. The van der Waals surface area contributed by atoms with Gasteiger partial charge in [-0.1, -0.05) is 12.1 Å². The van der Waals surface area contributed by atoms with Gasteiger partial charge in [-0.15, -0.1) is 0 Å². The summed E-state index contributed by atoms with van der Waals surface area (Å²) in [5, 5.41) is 12.7. The standard InChI is InChI=1S/C18H26N2O3/c1-23-17-12-19-9-6-16(17)18(22)20-10-7-14(8-11-20)13-2-4-15(21)5-3-13/h2-5,14,16-17,19,21H,6-12H2,1H3. The van der Waals surface area contributed by atoms with Crippen LogP contribution in [0.5, 0.6) is 5.75 Å². The van der Waals surface area contributed by atoms with Gasteiger partial charge >= 0.3 is 0 Å². The third-order valence-electron chi connectivity index (χ3n) is 5.22. The fourth-order valence-corrected chi connectivity index (χ4v) is 3.77. The molecule has 0 saturated carbocycles. The van der Waals surface area contributed by atoms with Crippen LogP contribution in [0.4, 0.5) is 0 Å². The Morgan fingerprint density at radius 3 is 2.57 bits per heavy atom. The van der Waals surface area contributed by atoms with E-state index in [1.165, 1.54) is 5.56 Å². The van der Waals surface area contributed by atoms with Crippen LogP contribution in [0.25, 0.3) is 0 Å². The van der Waals surface area contributed by atoms with Gasteiger partial charge in [-0.3, -0.25) is 4.79 Å². The Kier molecular flexibility index (Phi) is 5.18. The molecule has 1 aromatic rings. The molecule has 1 aromatic carbocycles. The van der Waals surface area contributed by atoms with Gasteiger partial charge in [-0.05, 0) is 49.4 Å². The molecule has 1 amide bonds. The first-order valence-electron chi connectivity index (χ1n) is 8.50. The normalized spacial score (nSPS) is 26.2. The van der Waals surface area contributed by atoms with Crippen LogP contribution in [0.15, 0.2) is 24.3 Å². The number of piperidine rings is 2. The number of hydrogen-bond donors (Lipinski definition) is 2. The van der Waals surface area contributed by atoms with Gasteiger partial charge in [0.25, 0.3) is 0 Å². The maximum Gasteiger partial charge on any atom is 0.228 e. The van der Waals surface area contributed by atoms with Crippen LogP contribution in [-0.4, -0.2) is 55.3 Å². The number of methoxy groups -OCH3 is 1. The molecule has 2 unspecified atom stereocenters. The van der Waals surface area contributed by atoms with E-state index in [1.807, 2.05) is 17.0 Å². The fraction of sp³-hybridized carbons (Fsp3) is 0.611. The molecule has 5 heteroatoms. The molecule has 2 N–H and O–H groups in total. The summed E-state index contributed by atoms with van der Waals surface area (Å²) in [6.07, 6.45) is 2.82. The molecule has 2 atom stereocenters. The smallest absolute Gasteiger partial charge is 0.228 e. The van der Waals surface area contributed by atoms with Gasteiger partial charge in [-0.2, -0.15) is 0 Å². The summed E-state index contributed by atoms with van der Waals surface area (Å²) >= 11 is 0. The molecule has 0 radical (unpaired) electrons. The number of carbonyl (C=O) groups is 1. The van der Waals surface area contributed by atoms with Crippen LogP contribution in [0.3, 0.4) is 0 Å². The number of phenols is 1. The monoisotopic (exact) mass is 318 g/mol. The lowest BCUT2D eigenvalue weighted by molar-refractivity contribution is -0.142. The molecule has 126 valence electrons. The number of nitrogens with one attached hydrogen (secondary N) is 1. The van der Waals surface area contributed by atoms with E-state index >= 15 is 0 Å². The predicted octanol–water partition coefficient (Wildman–Crippen LogP) is 1.72. The number of benzene rings is 1. The average molecular weight is 318 g/mol. The number of rotatable bonds is 3. The van der Waals surface area contributed by atoms with Gasteiger partial charge in [0, 0.05) is 26.7 Å². The lowest BCUT2D eigenvalue weighted by atomic mass is 9.87. The van der Waals surface area contributed by atoms with Crippen LogP contribution >= 0.6 is 0 Å². The van der Waals surface area contributed by atoms with Gasteiger partial charge in [0.15, 0.2) is 0 Å². The van der Waals surface area contributed by atoms with Crippen LogP contribution in [-0.2, 0) is 9.53 Å². The molecule has 0 aliphatic carbocycles. The van der Waals surface area contributed by atoms with E-state index < -0.39 is 0 Å². The molecule has 2 saturated heterocycles. The number of aromatic hydroxyl groups is 1. The van der Waals surface area contributed by atoms with Crippen LogP contribution in [0, 0.1) is 5.92 Å². The minimum absolute atomic E-state index is 0.00790. The largest absolute Gasteiger partial charge is 0.508 e. The van der Waals surface area contributed by atoms with Crippen molar-refractivity contribution >= 4 is 5.91 Å². The van der Waals surface area contributed by atoms with Crippen molar-refractivity contribution in [2.24, 2.45) is 5.92 Å². The number of amides is 1. The van der Waals surface area contributed by atoms with Gasteiger partial charge in [0.2, 0.25) is 5.91 Å². The fourth-order valence-electron chi connectivity index (χ4n) is 3.77. The summed E-state index contributed by atoms with van der Waals surface area (Å²) in [6, 6.07) is 7.46. The molecule has 2 fully saturated rings. The molecular formula is C18H26N2O3. The third-order valence-corrected chi connectivity index (χ3v) is 5.22. The predicted molar refractivity (Wildman–Crippen MR) is 88.4 cm³/mol. The highest BCUT2D eigenvalue weighted by Crippen LogP contribution is 2.30. The highest BCUT2D eigenvalue weighted by molar-refractivity contribution is 5.79. The van der Waals surface area contributed by atoms with E-state index in [0.29, 0.717) is 11.7 Å². The van der Waals surface area contributed by atoms with E-state index in [-0.39, 0.29) is 17.9 Å². The van der Waals surface area contributed by atoms with Gasteiger partial charge < -0.3 is 20.1 Å². The molecule has 0 aromatic heterocycles. The molecule has 2 aliphatic rings. The Labute approximate surface area is 137 Å². The van der Waals surface area contributed by atoms with E-state index in [9.17, 15) is 9.90 Å². The van der Waals surface area contributed by atoms with Gasteiger partial charge in [-0.25, -0.2) is 0 Å². The van der Waals surface area contributed by atoms with Crippen molar-refractivity contribution in [3.05, 3.63) is 29.8 Å². The van der Waals surface area contributed by atoms with E-state index in [2.05, 4.69) is 5.32 Å². The molecule has 3 rings (SSSR count). The molecule has 2 heterocycles.